The number of aromatic nitrogens is 3. The molecule has 0 aromatic carbocycles. The molecule has 17 heavy (non-hydrogen) atoms. The predicted octanol–water partition coefficient (Wildman–Crippen LogP) is -0.782. The molecule has 0 aliphatic heterocycles. The molecule has 8 heteroatoms. The van der Waals surface area contributed by atoms with E-state index >= 15 is 0 Å². The summed E-state index contributed by atoms with van der Waals surface area (Å²) < 4.78 is 23.9. The lowest BCUT2D eigenvalue weighted by molar-refractivity contribution is -0.120. The van der Waals surface area contributed by atoms with Gasteiger partial charge in [0.15, 0.2) is 9.84 Å². The fourth-order valence-electron chi connectivity index (χ4n) is 1.14. The lowest BCUT2D eigenvalue weighted by atomic mass is 10.4. The topological polar surface area (TPSA) is 93.9 Å². The van der Waals surface area contributed by atoms with Crippen molar-refractivity contribution in [3.63, 3.8) is 0 Å². The normalized spacial score (nSPS) is 13.3. The zero-order valence-corrected chi connectivity index (χ0v) is 10.6. The molecule has 0 spiro atoms. The molecule has 1 aromatic heterocycles. The van der Waals surface area contributed by atoms with Crippen molar-refractivity contribution in [3.8, 4) is 0 Å². The number of hydrogen-bond acceptors (Lipinski definition) is 5. The van der Waals surface area contributed by atoms with Gasteiger partial charge in [-0.15, -0.1) is 0 Å². The van der Waals surface area contributed by atoms with Gasteiger partial charge in [0.25, 0.3) is 0 Å². The van der Waals surface area contributed by atoms with E-state index in [1.54, 1.807) is 11.0 Å². The summed E-state index contributed by atoms with van der Waals surface area (Å²) in [6.07, 6.45) is 4.74. The van der Waals surface area contributed by atoms with Crippen LogP contribution in [0.1, 0.15) is 13.3 Å². The van der Waals surface area contributed by atoms with Gasteiger partial charge in [-0.3, -0.25) is 9.48 Å². The highest BCUT2D eigenvalue weighted by Crippen LogP contribution is 1.97. The monoisotopic (exact) mass is 260 g/mol. The maximum atomic E-state index is 11.4. The second-order valence-corrected chi connectivity index (χ2v) is 6.14. The number of carbonyl (C=O) groups is 1. The Bertz CT molecular complexity index is 455. The summed E-state index contributed by atoms with van der Waals surface area (Å²) in [7, 11) is -3.32. The maximum absolute atomic E-state index is 11.4. The van der Waals surface area contributed by atoms with Crippen molar-refractivity contribution in [2.75, 3.05) is 12.8 Å². The zero-order valence-electron chi connectivity index (χ0n) is 9.83. The van der Waals surface area contributed by atoms with E-state index in [9.17, 15) is 13.2 Å². The van der Waals surface area contributed by atoms with Crippen LogP contribution in [0.2, 0.25) is 0 Å². The van der Waals surface area contributed by atoms with Crippen molar-refractivity contribution in [2.45, 2.75) is 25.1 Å². The van der Waals surface area contributed by atoms with Crippen LogP contribution in [0, 0.1) is 0 Å². The summed E-state index contributed by atoms with van der Waals surface area (Å²) in [6.45, 7) is 2.42. The van der Waals surface area contributed by atoms with E-state index in [0.29, 0.717) is 19.5 Å². The lowest BCUT2D eigenvalue weighted by Gasteiger charge is -2.10. The summed E-state index contributed by atoms with van der Waals surface area (Å²) >= 11 is 0. The van der Waals surface area contributed by atoms with Gasteiger partial charge in [-0.05, 0) is 13.3 Å². The molecule has 1 amide bonds. The van der Waals surface area contributed by atoms with E-state index in [0.717, 1.165) is 6.26 Å². The third kappa shape index (κ3) is 4.51. The van der Waals surface area contributed by atoms with Crippen molar-refractivity contribution < 1.29 is 13.2 Å². The first-order valence-corrected chi connectivity index (χ1v) is 7.15. The second-order valence-electron chi connectivity index (χ2n) is 3.77. The van der Waals surface area contributed by atoms with Gasteiger partial charge in [0.2, 0.25) is 5.91 Å². The summed E-state index contributed by atoms with van der Waals surface area (Å²) in [5.41, 5.74) is 0. The number of amides is 1. The average molecular weight is 260 g/mol. The minimum absolute atomic E-state index is 0.415. The first-order chi connectivity index (χ1) is 7.91. The molecule has 7 nitrogen and oxygen atoms in total. The van der Waals surface area contributed by atoms with Crippen LogP contribution < -0.4 is 5.32 Å². The minimum atomic E-state index is -3.32. The third-order valence-electron chi connectivity index (χ3n) is 2.34. The number of hydrogen-bond donors (Lipinski definition) is 1. The van der Waals surface area contributed by atoms with Crippen LogP contribution in [-0.4, -0.2) is 47.1 Å². The molecule has 0 saturated heterocycles. The smallest absolute Gasteiger partial charge is 0.238 e. The maximum Gasteiger partial charge on any atom is 0.238 e. The van der Waals surface area contributed by atoms with E-state index in [4.69, 9.17) is 0 Å². The number of nitrogens with one attached hydrogen (secondary N) is 1. The summed E-state index contributed by atoms with van der Waals surface area (Å²) in [4.78, 5) is 15.2. The zero-order chi connectivity index (χ0) is 12.9. The molecule has 1 aromatic rings. The number of aryl methyl sites for hydroxylation is 1. The molecule has 1 rings (SSSR count). The SMILES string of the molecule is CC(C(=O)NCCCn1cncn1)S(C)(=O)=O. The van der Waals surface area contributed by atoms with Gasteiger partial charge in [0.1, 0.15) is 17.9 Å². The molecule has 0 aliphatic carbocycles. The molecule has 1 unspecified atom stereocenters. The van der Waals surface area contributed by atoms with Crippen LogP contribution in [-0.2, 0) is 21.2 Å². The molecule has 1 N–H and O–H groups in total. The lowest BCUT2D eigenvalue weighted by Crippen LogP contribution is -2.38. The van der Waals surface area contributed by atoms with Gasteiger partial charge in [0.05, 0.1) is 0 Å². The van der Waals surface area contributed by atoms with Gasteiger partial charge in [0, 0.05) is 19.3 Å². The van der Waals surface area contributed by atoms with Gasteiger partial charge < -0.3 is 5.32 Å². The molecule has 0 bridgehead atoms. The first-order valence-electron chi connectivity index (χ1n) is 5.20. The summed E-state index contributed by atoms with van der Waals surface area (Å²) in [5, 5.41) is 5.47. The van der Waals surface area contributed by atoms with Crippen molar-refractivity contribution in [1.82, 2.24) is 20.1 Å². The minimum Gasteiger partial charge on any atom is -0.355 e. The Morgan fingerprint density at radius 2 is 2.24 bits per heavy atom. The Morgan fingerprint density at radius 3 is 2.76 bits per heavy atom. The van der Waals surface area contributed by atoms with E-state index in [1.165, 1.54) is 13.3 Å². The highest BCUT2D eigenvalue weighted by Gasteiger charge is 2.22. The van der Waals surface area contributed by atoms with Gasteiger partial charge in [-0.25, -0.2) is 13.4 Å². The number of carbonyl (C=O) groups excluding carboxylic acids is 1. The van der Waals surface area contributed by atoms with Crippen LogP contribution in [0.15, 0.2) is 12.7 Å². The van der Waals surface area contributed by atoms with Gasteiger partial charge >= 0.3 is 0 Å². The Kier molecular flexibility index (Phi) is 4.62. The van der Waals surface area contributed by atoms with Crippen LogP contribution >= 0.6 is 0 Å². The Balaban J connectivity index is 2.25. The standard InChI is InChI=1S/C9H16N4O3S/c1-8(17(2,15)16)9(14)11-4-3-5-13-7-10-6-12-13/h6-8H,3-5H2,1-2H3,(H,11,14). The van der Waals surface area contributed by atoms with Crippen molar-refractivity contribution in [1.29, 1.82) is 0 Å². The van der Waals surface area contributed by atoms with Crippen molar-refractivity contribution in [3.05, 3.63) is 12.7 Å². The molecule has 1 atom stereocenters. The number of nitrogens with zero attached hydrogens (tertiary/aromatic N) is 3. The molecule has 1 heterocycles. The Labute approximate surface area is 100 Å². The molecular weight excluding hydrogens is 244 g/mol. The Hall–Kier alpha value is -1.44. The molecule has 96 valence electrons. The number of rotatable bonds is 6. The van der Waals surface area contributed by atoms with Crippen LogP contribution in [0.4, 0.5) is 0 Å². The highest BCUT2D eigenvalue weighted by atomic mass is 32.2. The molecule has 0 radical (unpaired) electrons. The van der Waals surface area contributed by atoms with E-state index in [2.05, 4.69) is 15.4 Å². The molecular formula is C9H16N4O3S. The van der Waals surface area contributed by atoms with Crippen LogP contribution in [0.5, 0.6) is 0 Å². The van der Waals surface area contributed by atoms with E-state index in [-0.39, 0.29) is 0 Å². The molecule has 0 fully saturated rings. The quantitative estimate of drug-likeness (QED) is 0.677. The van der Waals surface area contributed by atoms with E-state index < -0.39 is 21.0 Å². The van der Waals surface area contributed by atoms with E-state index in [1.807, 2.05) is 0 Å². The van der Waals surface area contributed by atoms with Crippen molar-refractivity contribution in [2.24, 2.45) is 0 Å². The molecule has 0 aliphatic rings. The summed E-state index contributed by atoms with van der Waals surface area (Å²) in [5.74, 6) is -0.467. The largest absolute Gasteiger partial charge is 0.355 e. The third-order valence-corrected chi connectivity index (χ3v) is 3.84. The average Bonchev–Trinajstić information content (AvgIpc) is 2.74. The Morgan fingerprint density at radius 1 is 1.53 bits per heavy atom. The highest BCUT2D eigenvalue weighted by molar-refractivity contribution is 7.92. The van der Waals surface area contributed by atoms with Crippen LogP contribution in [0.25, 0.3) is 0 Å². The van der Waals surface area contributed by atoms with Gasteiger partial charge in [-0.1, -0.05) is 0 Å². The van der Waals surface area contributed by atoms with Crippen molar-refractivity contribution >= 4 is 15.7 Å². The number of sulfone groups is 1. The second kappa shape index (κ2) is 5.76. The summed E-state index contributed by atoms with van der Waals surface area (Å²) in [6, 6.07) is 0. The fraction of sp³-hybridized carbons (Fsp3) is 0.667. The van der Waals surface area contributed by atoms with Gasteiger partial charge in [-0.2, -0.15) is 5.10 Å². The fourth-order valence-corrected chi connectivity index (χ4v) is 1.61. The predicted molar refractivity (Wildman–Crippen MR) is 62.0 cm³/mol. The van der Waals surface area contributed by atoms with Crippen LogP contribution in [0.3, 0.4) is 0 Å². The first kappa shape index (κ1) is 13.6. The molecule has 0 saturated carbocycles.